The Labute approximate surface area is 203 Å². The molecule has 0 aromatic heterocycles. The van der Waals surface area contributed by atoms with Crippen molar-refractivity contribution in [1.82, 2.24) is 0 Å². The van der Waals surface area contributed by atoms with Crippen molar-refractivity contribution in [2.45, 2.75) is 46.5 Å². The predicted octanol–water partition coefficient (Wildman–Crippen LogP) is 7.18. The molecule has 0 atom stereocenters. The third kappa shape index (κ3) is 6.95. The van der Waals surface area contributed by atoms with Crippen molar-refractivity contribution >= 4 is 23.1 Å². The van der Waals surface area contributed by atoms with Crippen molar-refractivity contribution in [3.8, 4) is 11.5 Å². The number of nitrogens with zero attached hydrogens (tertiary/aromatic N) is 2. The van der Waals surface area contributed by atoms with E-state index in [0.29, 0.717) is 25.5 Å². The Kier molecular flexibility index (Phi) is 9.71. The van der Waals surface area contributed by atoms with Crippen LogP contribution in [0.2, 0.25) is 0 Å². The topological polar surface area (TPSA) is 51.1 Å². The lowest BCUT2D eigenvalue weighted by Gasteiger charge is -2.25. The quantitative estimate of drug-likeness (QED) is 0.174. The largest absolute Gasteiger partial charge is 0.494 e. The first-order chi connectivity index (χ1) is 16.7. The highest BCUT2D eigenvalue weighted by Crippen LogP contribution is 2.26. The van der Waals surface area contributed by atoms with Gasteiger partial charge >= 0.3 is 0 Å². The lowest BCUT2D eigenvalue weighted by atomic mass is 10.1. The number of hydrogen-bond donors (Lipinski definition) is 0. The van der Waals surface area contributed by atoms with E-state index in [9.17, 15) is 4.79 Å². The Bertz CT molecular complexity index is 1040. The molecule has 0 unspecified atom stereocenters. The van der Waals surface area contributed by atoms with E-state index in [2.05, 4.69) is 6.92 Å². The number of carbonyl (C=O) groups excluding carboxylic acids is 1. The fraction of sp³-hybridized carbons (Fsp3) is 0.310. The lowest BCUT2D eigenvalue weighted by molar-refractivity contribution is -0.117. The lowest BCUT2D eigenvalue weighted by Crippen LogP contribution is -2.37. The Hall–Kier alpha value is -3.60. The van der Waals surface area contributed by atoms with Crippen LogP contribution in [0.1, 0.15) is 52.0 Å². The second-order valence-corrected chi connectivity index (χ2v) is 7.84. The Morgan fingerprint density at radius 3 is 1.91 bits per heavy atom. The van der Waals surface area contributed by atoms with Crippen molar-refractivity contribution in [3.05, 3.63) is 84.4 Å². The van der Waals surface area contributed by atoms with Crippen LogP contribution in [-0.4, -0.2) is 25.0 Å². The SMILES string of the molecule is CCCCCC(=O)N(C(=Nc1ccc(OCC)cc1)c1ccccc1)c1ccc(OCC)cc1. The minimum atomic E-state index is 0.0196. The van der Waals surface area contributed by atoms with E-state index in [1.165, 1.54) is 0 Å². The molecule has 0 radical (unpaired) electrons. The van der Waals surface area contributed by atoms with Gasteiger partial charge in [-0.1, -0.05) is 50.1 Å². The van der Waals surface area contributed by atoms with E-state index in [0.717, 1.165) is 47.7 Å². The first kappa shape index (κ1) is 25.0. The van der Waals surface area contributed by atoms with E-state index in [4.69, 9.17) is 14.5 Å². The van der Waals surface area contributed by atoms with Crippen molar-refractivity contribution in [2.75, 3.05) is 18.1 Å². The zero-order valence-corrected chi connectivity index (χ0v) is 20.4. The highest BCUT2D eigenvalue weighted by atomic mass is 16.5. The number of ether oxygens (including phenoxy) is 2. The van der Waals surface area contributed by atoms with Crippen LogP contribution < -0.4 is 14.4 Å². The van der Waals surface area contributed by atoms with Gasteiger partial charge < -0.3 is 9.47 Å². The summed E-state index contributed by atoms with van der Waals surface area (Å²) in [6.07, 6.45) is 3.37. The van der Waals surface area contributed by atoms with Gasteiger partial charge in [0.2, 0.25) is 5.91 Å². The zero-order valence-electron chi connectivity index (χ0n) is 20.4. The highest BCUT2D eigenvalue weighted by Gasteiger charge is 2.23. The molecular weight excluding hydrogens is 424 g/mol. The number of rotatable bonds is 11. The summed E-state index contributed by atoms with van der Waals surface area (Å²) in [4.78, 5) is 20.3. The summed E-state index contributed by atoms with van der Waals surface area (Å²) in [6.45, 7) is 7.24. The molecule has 3 aromatic rings. The van der Waals surface area contributed by atoms with Crippen molar-refractivity contribution in [2.24, 2.45) is 4.99 Å². The van der Waals surface area contributed by atoms with Crippen LogP contribution in [0.5, 0.6) is 11.5 Å². The summed E-state index contributed by atoms with van der Waals surface area (Å²) in [5.41, 5.74) is 2.38. The monoisotopic (exact) mass is 458 g/mol. The normalized spacial score (nSPS) is 11.2. The van der Waals surface area contributed by atoms with E-state index >= 15 is 0 Å². The maximum absolute atomic E-state index is 13.6. The minimum absolute atomic E-state index is 0.0196. The van der Waals surface area contributed by atoms with Crippen LogP contribution in [0.25, 0.3) is 0 Å². The van der Waals surface area contributed by atoms with Gasteiger partial charge in [-0.2, -0.15) is 0 Å². The number of aliphatic imine (C=N–C) groups is 1. The number of carbonyl (C=O) groups is 1. The maximum Gasteiger partial charge on any atom is 0.232 e. The summed E-state index contributed by atoms with van der Waals surface area (Å²) in [5.74, 6) is 2.18. The molecule has 5 nitrogen and oxygen atoms in total. The maximum atomic E-state index is 13.6. The predicted molar refractivity (Wildman–Crippen MR) is 139 cm³/mol. The molecule has 0 saturated heterocycles. The molecule has 0 fully saturated rings. The fourth-order valence-electron chi connectivity index (χ4n) is 3.62. The standard InChI is InChI=1S/C29H34N2O3/c1-4-7-9-14-28(32)31(25-17-21-27(22-18-25)34-6-3)29(23-12-10-8-11-13-23)30-24-15-19-26(20-16-24)33-5-2/h8,10-13,15-22H,4-7,9,14H2,1-3H3. The molecule has 0 saturated carbocycles. The van der Waals surface area contributed by atoms with Crippen molar-refractivity contribution < 1.29 is 14.3 Å². The van der Waals surface area contributed by atoms with Crippen LogP contribution in [0, 0.1) is 0 Å². The molecule has 0 spiro atoms. The van der Waals surface area contributed by atoms with Gasteiger partial charge in [-0.15, -0.1) is 0 Å². The molecule has 34 heavy (non-hydrogen) atoms. The number of amides is 1. The van der Waals surface area contributed by atoms with Crippen LogP contribution >= 0.6 is 0 Å². The van der Waals surface area contributed by atoms with Gasteiger partial charge in [-0.3, -0.25) is 9.69 Å². The number of hydrogen-bond acceptors (Lipinski definition) is 4. The number of anilines is 1. The summed E-state index contributed by atoms with van der Waals surface area (Å²) >= 11 is 0. The molecule has 0 N–H and O–H groups in total. The number of unbranched alkanes of at least 4 members (excludes halogenated alkanes) is 2. The van der Waals surface area contributed by atoms with E-state index in [1.54, 1.807) is 4.90 Å². The average molecular weight is 459 g/mol. The molecular formula is C29H34N2O3. The van der Waals surface area contributed by atoms with Gasteiger partial charge in [-0.25, -0.2) is 4.99 Å². The first-order valence-electron chi connectivity index (χ1n) is 12.1. The third-order valence-corrected chi connectivity index (χ3v) is 5.28. The molecule has 1 amide bonds. The molecule has 0 aliphatic carbocycles. The minimum Gasteiger partial charge on any atom is -0.494 e. The third-order valence-electron chi connectivity index (χ3n) is 5.28. The highest BCUT2D eigenvalue weighted by molar-refractivity contribution is 6.24. The molecule has 0 aliphatic heterocycles. The van der Waals surface area contributed by atoms with Gasteiger partial charge in [-0.05, 0) is 68.8 Å². The van der Waals surface area contributed by atoms with Crippen LogP contribution in [0.4, 0.5) is 11.4 Å². The Morgan fingerprint density at radius 1 is 0.765 bits per heavy atom. The van der Waals surface area contributed by atoms with Crippen LogP contribution in [0.3, 0.4) is 0 Å². The van der Waals surface area contributed by atoms with E-state index < -0.39 is 0 Å². The average Bonchev–Trinajstić information content (AvgIpc) is 2.87. The summed E-state index contributed by atoms with van der Waals surface area (Å²) in [7, 11) is 0. The smallest absolute Gasteiger partial charge is 0.232 e. The van der Waals surface area contributed by atoms with Gasteiger partial charge in [0.15, 0.2) is 0 Å². The number of amidine groups is 1. The second kappa shape index (κ2) is 13.2. The molecule has 0 aliphatic rings. The van der Waals surface area contributed by atoms with E-state index in [1.807, 2.05) is 92.7 Å². The van der Waals surface area contributed by atoms with Gasteiger partial charge in [0.25, 0.3) is 0 Å². The summed E-state index contributed by atoms with van der Waals surface area (Å²) < 4.78 is 11.2. The summed E-state index contributed by atoms with van der Waals surface area (Å²) in [5, 5.41) is 0. The molecule has 0 heterocycles. The van der Waals surface area contributed by atoms with Crippen LogP contribution in [-0.2, 0) is 4.79 Å². The van der Waals surface area contributed by atoms with Gasteiger partial charge in [0.1, 0.15) is 17.3 Å². The Balaban J connectivity index is 2.07. The molecule has 5 heteroatoms. The number of benzene rings is 3. The summed E-state index contributed by atoms with van der Waals surface area (Å²) in [6, 6.07) is 25.1. The van der Waals surface area contributed by atoms with Crippen molar-refractivity contribution in [1.29, 1.82) is 0 Å². The van der Waals surface area contributed by atoms with Gasteiger partial charge in [0, 0.05) is 12.0 Å². The first-order valence-corrected chi connectivity index (χ1v) is 12.1. The molecule has 3 rings (SSSR count). The molecule has 3 aromatic carbocycles. The van der Waals surface area contributed by atoms with E-state index in [-0.39, 0.29) is 5.91 Å². The second-order valence-electron chi connectivity index (χ2n) is 7.84. The zero-order chi connectivity index (χ0) is 24.2. The molecule has 178 valence electrons. The van der Waals surface area contributed by atoms with Crippen LogP contribution in [0.15, 0.2) is 83.9 Å². The fourth-order valence-corrected chi connectivity index (χ4v) is 3.62. The molecule has 0 bridgehead atoms. The van der Waals surface area contributed by atoms with Gasteiger partial charge in [0.05, 0.1) is 24.6 Å². The Morgan fingerprint density at radius 2 is 1.35 bits per heavy atom. The van der Waals surface area contributed by atoms with Crippen molar-refractivity contribution in [3.63, 3.8) is 0 Å².